The Bertz CT molecular complexity index is 651. The molecule has 0 bridgehead atoms. The summed E-state index contributed by atoms with van der Waals surface area (Å²) in [4.78, 5) is 0. The lowest BCUT2D eigenvalue weighted by atomic mass is 10.0. The van der Waals surface area contributed by atoms with Crippen molar-refractivity contribution in [1.82, 2.24) is 0 Å². The average Bonchev–Trinajstić information content (AvgIpc) is 2.45. The average molecular weight is 329 g/mol. The Kier molecular flexibility index (Phi) is 5.01. The first-order chi connectivity index (χ1) is 10.3. The van der Waals surface area contributed by atoms with Crippen LogP contribution >= 0.6 is 11.6 Å². The molecule has 0 amide bonds. The van der Waals surface area contributed by atoms with Gasteiger partial charge in [-0.05, 0) is 41.3 Å². The maximum atomic E-state index is 12.7. The van der Waals surface area contributed by atoms with Crippen LogP contribution in [0.25, 0.3) is 0 Å². The fourth-order valence-corrected chi connectivity index (χ4v) is 2.24. The van der Waals surface area contributed by atoms with E-state index in [1.54, 1.807) is 12.1 Å². The van der Waals surface area contributed by atoms with Crippen LogP contribution in [0.2, 0.25) is 5.02 Å². The first kappa shape index (κ1) is 16.7. The van der Waals surface area contributed by atoms with E-state index in [1.165, 1.54) is 6.07 Å². The van der Waals surface area contributed by atoms with Gasteiger partial charge in [0.25, 0.3) is 0 Å². The van der Waals surface area contributed by atoms with E-state index in [-0.39, 0.29) is 6.61 Å². The van der Waals surface area contributed by atoms with Gasteiger partial charge in [0.1, 0.15) is 12.4 Å². The highest BCUT2D eigenvalue weighted by atomic mass is 35.5. The van der Waals surface area contributed by atoms with Crippen LogP contribution in [0.1, 0.15) is 36.5 Å². The highest BCUT2D eigenvalue weighted by Gasteiger charge is 2.30. The van der Waals surface area contributed by atoms with Crippen LogP contribution in [0.4, 0.5) is 13.2 Å². The largest absolute Gasteiger partial charge is 0.487 e. The molecule has 0 saturated carbocycles. The lowest BCUT2D eigenvalue weighted by Gasteiger charge is -2.12. The third-order valence-electron chi connectivity index (χ3n) is 3.27. The lowest BCUT2D eigenvalue weighted by Crippen LogP contribution is -2.06. The van der Waals surface area contributed by atoms with E-state index in [1.807, 2.05) is 12.1 Å². The van der Waals surface area contributed by atoms with Gasteiger partial charge in [-0.3, -0.25) is 0 Å². The molecule has 0 aliphatic rings. The van der Waals surface area contributed by atoms with Crippen LogP contribution in [0, 0.1) is 0 Å². The van der Waals surface area contributed by atoms with Crippen LogP contribution in [0.3, 0.4) is 0 Å². The number of hydrogen-bond donors (Lipinski definition) is 0. The summed E-state index contributed by atoms with van der Waals surface area (Å²) < 4.78 is 43.5. The normalized spacial score (nSPS) is 11.8. The number of halogens is 4. The third-order valence-corrected chi connectivity index (χ3v) is 3.57. The molecule has 0 aromatic heterocycles. The minimum atomic E-state index is -4.35. The molecule has 2 rings (SSSR count). The number of benzene rings is 2. The molecule has 1 nitrogen and oxygen atoms in total. The van der Waals surface area contributed by atoms with Crippen molar-refractivity contribution in [1.29, 1.82) is 0 Å². The van der Waals surface area contributed by atoms with E-state index in [4.69, 9.17) is 16.3 Å². The minimum absolute atomic E-state index is 0.0324. The molecule has 0 N–H and O–H groups in total. The Morgan fingerprint density at radius 2 is 1.82 bits per heavy atom. The summed E-state index contributed by atoms with van der Waals surface area (Å²) in [6.07, 6.45) is -4.35. The van der Waals surface area contributed by atoms with Crippen molar-refractivity contribution in [2.24, 2.45) is 0 Å². The van der Waals surface area contributed by atoms with Crippen LogP contribution in [-0.4, -0.2) is 0 Å². The molecule has 22 heavy (non-hydrogen) atoms. The molecule has 0 atom stereocenters. The fourth-order valence-electron chi connectivity index (χ4n) is 1.99. The molecular weight excluding hydrogens is 313 g/mol. The second kappa shape index (κ2) is 6.61. The highest BCUT2D eigenvalue weighted by molar-refractivity contribution is 6.32. The molecule has 2 aromatic rings. The van der Waals surface area contributed by atoms with Gasteiger partial charge in [0.15, 0.2) is 0 Å². The summed E-state index contributed by atoms with van der Waals surface area (Å²) >= 11 is 6.14. The van der Waals surface area contributed by atoms with Crippen molar-refractivity contribution >= 4 is 11.6 Å². The summed E-state index contributed by atoms with van der Waals surface area (Å²) in [6.45, 7) is 4.13. The summed E-state index contributed by atoms with van der Waals surface area (Å²) in [5, 5.41) is 0.457. The predicted molar refractivity (Wildman–Crippen MR) is 81.3 cm³/mol. The first-order valence-corrected chi connectivity index (χ1v) is 7.23. The smallest absolute Gasteiger partial charge is 0.416 e. The van der Waals surface area contributed by atoms with Gasteiger partial charge < -0.3 is 4.74 Å². The quantitative estimate of drug-likeness (QED) is 0.662. The van der Waals surface area contributed by atoms with Crippen molar-refractivity contribution in [3.8, 4) is 5.75 Å². The van der Waals surface area contributed by atoms with Gasteiger partial charge in [-0.25, -0.2) is 0 Å². The summed E-state index contributed by atoms with van der Waals surface area (Å²) in [5.41, 5.74) is 0.838. The highest BCUT2D eigenvalue weighted by Crippen LogP contribution is 2.31. The Morgan fingerprint density at radius 3 is 2.41 bits per heavy atom. The molecule has 2 aromatic carbocycles. The van der Waals surface area contributed by atoms with Gasteiger partial charge in [0.2, 0.25) is 0 Å². The number of rotatable bonds is 4. The number of hydrogen-bond acceptors (Lipinski definition) is 1. The Labute approximate surface area is 132 Å². The molecular formula is C17H16ClF3O. The molecule has 0 spiro atoms. The molecule has 0 heterocycles. The van der Waals surface area contributed by atoms with E-state index in [0.29, 0.717) is 22.3 Å². The van der Waals surface area contributed by atoms with Gasteiger partial charge in [-0.2, -0.15) is 13.2 Å². The monoisotopic (exact) mass is 328 g/mol. The van der Waals surface area contributed by atoms with E-state index >= 15 is 0 Å². The number of ether oxygens (including phenoxy) is 1. The lowest BCUT2D eigenvalue weighted by molar-refractivity contribution is -0.137. The third kappa shape index (κ3) is 4.17. The second-order valence-corrected chi connectivity index (χ2v) is 5.74. The van der Waals surface area contributed by atoms with E-state index < -0.39 is 11.7 Å². The topological polar surface area (TPSA) is 9.23 Å². The van der Waals surface area contributed by atoms with Crippen molar-refractivity contribution in [3.05, 3.63) is 64.2 Å². The van der Waals surface area contributed by atoms with E-state index in [0.717, 1.165) is 17.7 Å². The van der Waals surface area contributed by atoms with Gasteiger partial charge in [0.05, 0.1) is 10.6 Å². The fraction of sp³-hybridized carbons (Fsp3) is 0.294. The van der Waals surface area contributed by atoms with Gasteiger partial charge >= 0.3 is 6.18 Å². The molecule has 5 heteroatoms. The zero-order valence-corrected chi connectivity index (χ0v) is 13.0. The van der Waals surface area contributed by atoms with Crippen molar-refractivity contribution in [2.75, 3.05) is 0 Å². The predicted octanol–water partition coefficient (Wildman–Crippen LogP) is 6.06. The van der Waals surface area contributed by atoms with Gasteiger partial charge in [-0.15, -0.1) is 0 Å². The van der Waals surface area contributed by atoms with Crippen LogP contribution in [0.5, 0.6) is 5.75 Å². The first-order valence-electron chi connectivity index (χ1n) is 6.86. The Balaban J connectivity index is 2.10. The van der Waals surface area contributed by atoms with E-state index in [2.05, 4.69) is 13.8 Å². The zero-order valence-electron chi connectivity index (χ0n) is 12.2. The van der Waals surface area contributed by atoms with Crippen molar-refractivity contribution < 1.29 is 17.9 Å². The van der Waals surface area contributed by atoms with Crippen molar-refractivity contribution in [3.63, 3.8) is 0 Å². The zero-order chi connectivity index (χ0) is 16.3. The van der Waals surface area contributed by atoms with Crippen LogP contribution in [0.15, 0.2) is 42.5 Å². The maximum Gasteiger partial charge on any atom is 0.416 e. The van der Waals surface area contributed by atoms with Gasteiger partial charge in [-0.1, -0.05) is 43.6 Å². The van der Waals surface area contributed by atoms with Crippen LogP contribution in [-0.2, 0) is 12.8 Å². The second-order valence-electron chi connectivity index (χ2n) is 5.33. The SMILES string of the molecule is CC(C)c1ccc(OCc2cccc(C(F)(F)F)c2)c(Cl)c1. The molecule has 118 valence electrons. The Hall–Kier alpha value is -1.68. The molecule has 0 fully saturated rings. The van der Waals surface area contributed by atoms with Crippen LogP contribution < -0.4 is 4.74 Å². The Morgan fingerprint density at radius 1 is 1.09 bits per heavy atom. The molecule has 0 aliphatic heterocycles. The maximum absolute atomic E-state index is 12.7. The summed E-state index contributed by atoms with van der Waals surface area (Å²) in [7, 11) is 0. The molecule has 0 saturated heterocycles. The minimum Gasteiger partial charge on any atom is -0.487 e. The molecule has 0 aliphatic carbocycles. The van der Waals surface area contributed by atoms with E-state index in [9.17, 15) is 13.2 Å². The van der Waals surface area contributed by atoms with Gasteiger partial charge in [0, 0.05) is 0 Å². The van der Waals surface area contributed by atoms with Crippen molar-refractivity contribution in [2.45, 2.75) is 32.5 Å². The number of alkyl halides is 3. The standard InChI is InChI=1S/C17H16ClF3O/c1-11(2)13-6-7-16(15(18)9-13)22-10-12-4-3-5-14(8-12)17(19,20)21/h3-9,11H,10H2,1-2H3. The summed E-state index contributed by atoms with van der Waals surface area (Å²) in [5.74, 6) is 0.804. The molecule has 0 unspecified atom stereocenters. The summed E-state index contributed by atoms with van der Waals surface area (Å²) in [6, 6.07) is 10.5. The molecule has 0 radical (unpaired) electrons.